The Balaban J connectivity index is 2.66. The zero-order valence-electron chi connectivity index (χ0n) is 10.4. The Morgan fingerprint density at radius 1 is 1.39 bits per heavy atom. The first-order valence-electron chi connectivity index (χ1n) is 5.86. The summed E-state index contributed by atoms with van der Waals surface area (Å²) in [5, 5.41) is -0.274. The van der Waals surface area contributed by atoms with Crippen LogP contribution in [0.25, 0.3) is 11.0 Å². The molecule has 0 fully saturated rings. The van der Waals surface area contributed by atoms with E-state index in [0.29, 0.717) is 18.0 Å². The highest BCUT2D eigenvalue weighted by atomic mass is 32.2. The molecule has 1 aromatic heterocycles. The maximum absolute atomic E-state index is 11.4. The molecule has 2 aromatic rings. The fraction of sp³-hybridized carbons (Fsp3) is 0.417. The third kappa shape index (κ3) is 2.39. The van der Waals surface area contributed by atoms with E-state index in [4.69, 9.17) is 0 Å². The van der Waals surface area contributed by atoms with Crippen LogP contribution in [-0.2, 0) is 16.7 Å². The molecule has 2 rings (SSSR count). The van der Waals surface area contributed by atoms with E-state index in [1.165, 1.54) is 0 Å². The van der Waals surface area contributed by atoms with Gasteiger partial charge in [0, 0.05) is 6.54 Å². The average Bonchev–Trinajstić information content (AvgIpc) is 2.68. The van der Waals surface area contributed by atoms with Crippen LogP contribution in [0.4, 0.5) is 0 Å². The Kier molecular flexibility index (Phi) is 3.41. The molecule has 0 radical (unpaired) electrons. The summed E-state index contributed by atoms with van der Waals surface area (Å²) in [7, 11) is -4.30. The van der Waals surface area contributed by atoms with Crippen molar-refractivity contribution in [2.45, 2.75) is 32.0 Å². The molecule has 98 valence electrons. The number of rotatable bonds is 4. The van der Waals surface area contributed by atoms with Crippen LogP contribution < -0.4 is 0 Å². The van der Waals surface area contributed by atoms with E-state index in [1.807, 2.05) is 19.9 Å². The summed E-state index contributed by atoms with van der Waals surface area (Å²) in [6.07, 6.45) is 0.928. The molecule has 0 saturated heterocycles. The second kappa shape index (κ2) is 4.70. The van der Waals surface area contributed by atoms with Crippen LogP contribution in [0.1, 0.15) is 20.3 Å². The number of hydrogen-bond acceptors (Lipinski definition) is 3. The van der Waals surface area contributed by atoms with Crippen molar-refractivity contribution in [3.8, 4) is 0 Å². The molecule has 1 aromatic carbocycles. The standard InChI is InChI=1S/C12H16N2O3S/c1-3-9(2)8-14-11-7-5-4-6-10(11)13-12(14)18(15,16)17/h4-7,9H,3,8H2,1-2H3,(H,15,16,17)/t9-/m1/s1. The number of nitrogens with zero attached hydrogens (tertiary/aromatic N) is 2. The van der Waals surface area contributed by atoms with Gasteiger partial charge in [0.15, 0.2) is 0 Å². The largest absolute Gasteiger partial charge is 0.328 e. The Bertz CT molecular complexity index is 661. The molecule has 0 saturated carbocycles. The van der Waals surface area contributed by atoms with E-state index in [2.05, 4.69) is 4.98 Å². The number of imidazole rings is 1. The Morgan fingerprint density at radius 2 is 2.06 bits per heavy atom. The summed E-state index contributed by atoms with van der Waals surface area (Å²) < 4.78 is 33.5. The quantitative estimate of drug-likeness (QED) is 0.864. The average molecular weight is 268 g/mol. The van der Waals surface area contributed by atoms with Crippen molar-refractivity contribution in [3.05, 3.63) is 24.3 Å². The Hall–Kier alpha value is -1.40. The predicted molar refractivity (Wildman–Crippen MR) is 69.0 cm³/mol. The number of fused-ring (bicyclic) bond motifs is 1. The van der Waals surface area contributed by atoms with E-state index in [-0.39, 0.29) is 5.16 Å². The predicted octanol–water partition coefficient (Wildman–Crippen LogP) is 2.33. The van der Waals surface area contributed by atoms with Gasteiger partial charge in [0.25, 0.3) is 5.16 Å². The van der Waals surface area contributed by atoms with Gasteiger partial charge in [-0.05, 0) is 18.1 Å². The van der Waals surface area contributed by atoms with Gasteiger partial charge >= 0.3 is 10.1 Å². The molecular formula is C12H16N2O3S. The summed E-state index contributed by atoms with van der Waals surface area (Å²) >= 11 is 0. The fourth-order valence-corrected chi connectivity index (χ4v) is 2.53. The smallest absolute Gasteiger partial charge is 0.312 e. The lowest BCUT2D eigenvalue weighted by atomic mass is 10.1. The van der Waals surface area contributed by atoms with Gasteiger partial charge in [-0.25, -0.2) is 4.98 Å². The normalized spacial score (nSPS) is 13.9. The lowest BCUT2D eigenvalue weighted by Gasteiger charge is -2.12. The molecule has 5 nitrogen and oxygen atoms in total. The highest BCUT2D eigenvalue weighted by Gasteiger charge is 2.21. The summed E-state index contributed by atoms with van der Waals surface area (Å²) in [5.74, 6) is 0.308. The van der Waals surface area contributed by atoms with Gasteiger partial charge in [-0.3, -0.25) is 4.55 Å². The van der Waals surface area contributed by atoms with Gasteiger partial charge in [-0.15, -0.1) is 0 Å². The number of aromatic nitrogens is 2. The van der Waals surface area contributed by atoms with Crippen molar-refractivity contribution >= 4 is 21.2 Å². The molecule has 1 atom stereocenters. The van der Waals surface area contributed by atoms with Crippen LogP contribution in [0.15, 0.2) is 29.4 Å². The maximum atomic E-state index is 11.4. The molecule has 0 aliphatic carbocycles. The zero-order chi connectivity index (χ0) is 13.3. The summed E-state index contributed by atoms with van der Waals surface area (Å²) in [6, 6.07) is 7.15. The summed E-state index contributed by atoms with van der Waals surface area (Å²) in [5.41, 5.74) is 1.30. The van der Waals surface area contributed by atoms with Crippen LogP contribution >= 0.6 is 0 Å². The highest BCUT2D eigenvalue weighted by Crippen LogP contribution is 2.21. The second-order valence-corrected chi connectivity index (χ2v) is 5.80. The van der Waals surface area contributed by atoms with Crippen molar-refractivity contribution in [1.82, 2.24) is 9.55 Å². The van der Waals surface area contributed by atoms with E-state index in [0.717, 1.165) is 11.9 Å². The van der Waals surface area contributed by atoms with Crippen LogP contribution in [-0.4, -0.2) is 22.5 Å². The van der Waals surface area contributed by atoms with Crippen LogP contribution in [0.2, 0.25) is 0 Å². The first kappa shape index (κ1) is 13.0. The summed E-state index contributed by atoms with van der Waals surface area (Å²) in [6.45, 7) is 4.59. The molecule has 18 heavy (non-hydrogen) atoms. The molecule has 0 aliphatic rings. The summed E-state index contributed by atoms with van der Waals surface area (Å²) in [4.78, 5) is 4.00. The van der Waals surface area contributed by atoms with Gasteiger partial charge in [0.1, 0.15) is 0 Å². The lowest BCUT2D eigenvalue weighted by Crippen LogP contribution is -2.13. The van der Waals surface area contributed by atoms with Crippen molar-refractivity contribution in [2.75, 3.05) is 0 Å². The fourth-order valence-electron chi connectivity index (χ4n) is 1.87. The SMILES string of the molecule is CC[C@@H](C)Cn1c(S(=O)(=O)O)nc2ccccc21. The first-order chi connectivity index (χ1) is 8.43. The van der Waals surface area contributed by atoms with Crippen LogP contribution in [0, 0.1) is 5.92 Å². The molecule has 6 heteroatoms. The number of hydrogen-bond donors (Lipinski definition) is 1. The van der Waals surface area contributed by atoms with E-state index in [9.17, 15) is 13.0 Å². The van der Waals surface area contributed by atoms with Crippen molar-refractivity contribution in [2.24, 2.45) is 5.92 Å². The Labute approximate surface area is 106 Å². The van der Waals surface area contributed by atoms with Gasteiger partial charge in [0.2, 0.25) is 0 Å². The topological polar surface area (TPSA) is 72.2 Å². The van der Waals surface area contributed by atoms with Crippen LogP contribution in [0.3, 0.4) is 0 Å². The molecule has 0 bridgehead atoms. The highest BCUT2D eigenvalue weighted by molar-refractivity contribution is 7.85. The molecular weight excluding hydrogens is 252 g/mol. The zero-order valence-corrected chi connectivity index (χ0v) is 11.2. The van der Waals surface area contributed by atoms with E-state index >= 15 is 0 Å². The van der Waals surface area contributed by atoms with Gasteiger partial charge < -0.3 is 4.57 Å². The van der Waals surface area contributed by atoms with Gasteiger partial charge in [-0.1, -0.05) is 32.4 Å². The monoisotopic (exact) mass is 268 g/mol. The lowest BCUT2D eigenvalue weighted by molar-refractivity contribution is 0.428. The van der Waals surface area contributed by atoms with Crippen molar-refractivity contribution in [1.29, 1.82) is 0 Å². The molecule has 0 amide bonds. The third-order valence-corrected chi connectivity index (χ3v) is 3.81. The van der Waals surface area contributed by atoms with Gasteiger partial charge in [-0.2, -0.15) is 8.42 Å². The molecule has 0 aliphatic heterocycles. The van der Waals surface area contributed by atoms with Crippen molar-refractivity contribution < 1.29 is 13.0 Å². The minimum absolute atomic E-state index is 0.274. The second-order valence-electron chi connectivity index (χ2n) is 4.48. The molecule has 0 unspecified atom stereocenters. The molecule has 0 spiro atoms. The minimum atomic E-state index is -4.30. The maximum Gasteiger partial charge on any atom is 0.328 e. The Morgan fingerprint density at radius 3 is 2.67 bits per heavy atom. The van der Waals surface area contributed by atoms with Crippen LogP contribution in [0.5, 0.6) is 0 Å². The van der Waals surface area contributed by atoms with Crippen molar-refractivity contribution in [3.63, 3.8) is 0 Å². The number of benzene rings is 1. The molecule has 1 heterocycles. The van der Waals surface area contributed by atoms with Gasteiger partial charge in [0.05, 0.1) is 11.0 Å². The molecule has 1 N–H and O–H groups in total. The first-order valence-corrected chi connectivity index (χ1v) is 7.30. The minimum Gasteiger partial charge on any atom is -0.312 e. The third-order valence-electron chi connectivity index (χ3n) is 3.04. The van der Waals surface area contributed by atoms with E-state index < -0.39 is 10.1 Å². The van der Waals surface area contributed by atoms with E-state index in [1.54, 1.807) is 22.8 Å². The number of para-hydroxylation sites is 2.